The lowest BCUT2D eigenvalue weighted by atomic mass is 10.1. The summed E-state index contributed by atoms with van der Waals surface area (Å²) >= 11 is 1.53. The van der Waals surface area contributed by atoms with E-state index in [1.165, 1.54) is 23.5 Å². The lowest BCUT2D eigenvalue weighted by Gasteiger charge is -2.31. The summed E-state index contributed by atoms with van der Waals surface area (Å²) in [7, 11) is 3.71. The molecule has 31 heavy (non-hydrogen) atoms. The van der Waals surface area contributed by atoms with Gasteiger partial charge in [-0.2, -0.15) is 4.98 Å². The molecule has 0 spiro atoms. The first kappa shape index (κ1) is 21.4. The second-order valence-electron chi connectivity index (χ2n) is 7.61. The van der Waals surface area contributed by atoms with Crippen LogP contribution in [0.4, 0.5) is 9.52 Å². The van der Waals surface area contributed by atoms with Crippen LogP contribution in [0.2, 0.25) is 0 Å². The molecule has 1 aromatic heterocycles. The number of hydrogen-bond acceptors (Lipinski definition) is 7. The van der Waals surface area contributed by atoms with Crippen molar-refractivity contribution in [2.45, 2.75) is 13.0 Å². The zero-order valence-corrected chi connectivity index (χ0v) is 18.5. The van der Waals surface area contributed by atoms with Gasteiger partial charge in [0.1, 0.15) is 12.4 Å². The van der Waals surface area contributed by atoms with E-state index < -0.39 is 0 Å². The summed E-state index contributed by atoms with van der Waals surface area (Å²) in [5, 5.41) is 11.2. The van der Waals surface area contributed by atoms with Gasteiger partial charge in [-0.15, -0.1) is 0 Å². The van der Waals surface area contributed by atoms with Crippen molar-refractivity contribution < 1.29 is 19.0 Å². The second-order valence-corrected chi connectivity index (χ2v) is 8.67. The van der Waals surface area contributed by atoms with Crippen LogP contribution in [0.5, 0.6) is 17.4 Å². The van der Waals surface area contributed by atoms with Gasteiger partial charge in [-0.3, -0.25) is 0 Å². The minimum Gasteiger partial charge on any atom is -0.493 e. The number of ether oxygens (including phenoxy) is 2. The van der Waals surface area contributed by atoms with Gasteiger partial charge in [0, 0.05) is 32.6 Å². The Morgan fingerprint density at radius 3 is 2.45 bits per heavy atom. The van der Waals surface area contributed by atoms with Gasteiger partial charge >= 0.3 is 0 Å². The molecule has 0 atom stereocenters. The van der Waals surface area contributed by atoms with Crippen LogP contribution < -0.4 is 14.4 Å². The van der Waals surface area contributed by atoms with E-state index in [2.05, 4.69) is 21.8 Å². The number of likely N-dealkylation sites (N-methyl/N-ethyl adjacent to an activating group) is 1. The molecule has 1 saturated heterocycles. The molecular weight excluding hydrogens is 417 g/mol. The van der Waals surface area contributed by atoms with Crippen LogP contribution in [0.25, 0.3) is 0 Å². The molecule has 1 N–H and O–H groups in total. The van der Waals surface area contributed by atoms with Crippen molar-refractivity contribution in [3.05, 3.63) is 64.3 Å². The van der Waals surface area contributed by atoms with Gasteiger partial charge in [-0.1, -0.05) is 29.5 Å². The van der Waals surface area contributed by atoms with Gasteiger partial charge in [-0.05, 0) is 42.4 Å². The van der Waals surface area contributed by atoms with Gasteiger partial charge in [0.2, 0.25) is 5.88 Å². The zero-order chi connectivity index (χ0) is 21.8. The molecule has 8 heteroatoms. The normalized spacial score (nSPS) is 14.6. The van der Waals surface area contributed by atoms with Crippen molar-refractivity contribution in [1.82, 2.24) is 9.88 Å². The predicted octanol–water partition coefficient (Wildman–Crippen LogP) is 3.92. The Labute approximate surface area is 185 Å². The standard InChI is InChI=1S/C23H26FN3O3S/c1-26-9-11-27(12-10-26)23-25-22(28)21(31-23)14-17-5-8-19(20(13-17)29-2)30-15-16-3-6-18(24)7-4-16/h3-8,13,28H,9-12,14-15H2,1-2H3. The number of methoxy groups -OCH3 is 1. The molecule has 4 rings (SSSR count). The highest BCUT2D eigenvalue weighted by Crippen LogP contribution is 2.35. The second kappa shape index (κ2) is 9.53. The predicted molar refractivity (Wildman–Crippen MR) is 120 cm³/mol. The lowest BCUT2D eigenvalue weighted by Crippen LogP contribution is -2.44. The average Bonchev–Trinajstić information content (AvgIpc) is 3.14. The van der Waals surface area contributed by atoms with Crippen LogP contribution >= 0.6 is 11.3 Å². The van der Waals surface area contributed by atoms with Crippen LogP contribution in [-0.2, 0) is 13.0 Å². The topological polar surface area (TPSA) is 58.1 Å². The molecule has 1 aliphatic rings. The van der Waals surface area contributed by atoms with E-state index in [1.54, 1.807) is 19.2 Å². The summed E-state index contributed by atoms with van der Waals surface area (Å²) in [5.74, 6) is 1.05. The van der Waals surface area contributed by atoms with E-state index in [0.717, 1.165) is 47.3 Å². The monoisotopic (exact) mass is 443 g/mol. The average molecular weight is 444 g/mol. The Hall–Kier alpha value is -2.84. The number of thiazole rings is 1. The quantitative estimate of drug-likeness (QED) is 0.597. The Kier molecular flexibility index (Phi) is 6.58. The maximum atomic E-state index is 13.1. The van der Waals surface area contributed by atoms with Crippen molar-refractivity contribution in [1.29, 1.82) is 0 Å². The van der Waals surface area contributed by atoms with Crippen LogP contribution in [0.1, 0.15) is 16.0 Å². The molecule has 0 amide bonds. The van der Waals surface area contributed by atoms with E-state index >= 15 is 0 Å². The highest BCUT2D eigenvalue weighted by atomic mass is 32.1. The van der Waals surface area contributed by atoms with Crippen LogP contribution in [0, 0.1) is 5.82 Å². The van der Waals surface area contributed by atoms with Gasteiger partial charge in [0.05, 0.1) is 12.0 Å². The number of aromatic hydroxyl groups is 1. The molecule has 0 aliphatic carbocycles. The number of nitrogens with zero attached hydrogens (tertiary/aromatic N) is 3. The maximum Gasteiger partial charge on any atom is 0.227 e. The van der Waals surface area contributed by atoms with Crippen LogP contribution in [0.15, 0.2) is 42.5 Å². The van der Waals surface area contributed by atoms with Gasteiger partial charge < -0.3 is 24.4 Å². The van der Waals surface area contributed by atoms with Crippen molar-refractivity contribution in [3.8, 4) is 17.4 Å². The Morgan fingerprint density at radius 1 is 1.03 bits per heavy atom. The first-order valence-corrected chi connectivity index (χ1v) is 11.0. The number of benzene rings is 2. The minimum atomic E-state index is -0.271. The SMILES string of the molecule is COc1cc(Cc2sc(N3CCN(C)CC3)nc2O)ccc1OCc1ccc(F)cc1. The first-order valence-electron chi connectivity index (χ1n) is 10.2. The Balaban J connectivity index is 1.43. The number of hydrogen-bond donors (Lipinski definition) is 1. The van der Waals surface area contributed by atoms with Crippen molar-refractivity contribution in [2.75, 3.05) is 45.2 Å². The summed E-state index contributed by atoms with van der Waals surface area (Å²) in [5.41, 5.74) is 1.87. The van der Waals surface area contributed by atoms with Crippen molar-refractivity contribution >= 4 is 16.5 Å². The highest BCUT2D eigenvalue weighted by molar-refractivity contribution is 7.15. The fraction of sp³-hybridized carbons (Fsp3) is 0.348. The first-order chi connectivity index (χ1) is 15.0. The number of piperazine rings is 1. The Bertz CT molecular complexity index is 1020. The van der Waals surface area contributed by atoms with Gasteiger partial charge in [0.15, 0.2) is 16.6 Å². The molecule has 0 saturated carbocycles. The molecule has 2 heterocycles. The number of rotatable bonds is 7. The van der Waals surface area contributed by atoms with Crippen LogP contribution in [0.3, 0.4) is 0 Å². The highest BCUT2D eigenvalue weighted by Gasteiger charge is 2.20. The number of anilines is 1. The third-order valence-corrected chi connectivity index (χ3v) is 6.44. The molecule has 6 nitrogen and oxygen atoms in total. The van der Waals surface area contributed by atoms with E-state index in [9.17, 15) is 9.50 Å². The summed E-state index contributed by atoms with van der Waals surface area (Å²) in [6.07, 6.45) is 0.561. The lowest BCUT2D eigenvalue weighted by molar-refractivity contribution is 0.284. The van der Waals surface area contributed by atoms with Crippen molar-refractivity contribution in [2.24, 2.45) is 0 Å². The van der Waals surface area contributed by atoms with E-state index in [0.29, 0.717) is 24.5 Å². The third-order valence-electron chi connectivity index (χ3n) is 5.34. The van der Waals surface area contributed by atoms with Crippen molar-refractivity contribution in [3.63, 3.8) is 0 Å². The van der Waals surface area contributed by atoms with E-state index in [1.807, 2.05) is 18.2 Å². The summed E-state index contributed by atoms with van der Waals surface area (Å²) in [6, 6.07) is 11.9. The van der Waals surface area contributed by atoms with Gasteiger partial charge in [-0.25, -0.2) is 4.39 Å². The maximum absolute atomic E-state index is 13.1. The number of aromatic nitrogens is 1. The van der Waals surface area contributed by atoms with Crippen LogP contribution in [-0.4, -0.2) is 55.3 Å². The molecule has 0 radical (unpaired) electrons. The van der Waals surface area contributed by atoms with E-state index in [4.69, 9.17) is 9.47 Å². The molecular formula is C23H26FN3O3S. The smallest absolute Gasteiger partial charge is 0.227 e. The molecule has 0 unspecified atom stereocenters. The molecule has 1 aliphatic heterocycles. The zero-order valence-electron chi connectivity index (χ0n) is 17.7. The molecule has 164 valence electrons. The molecule has 2 aromatic carbocycles. The fourth-order valence-corrected chi connectivity index (χ4v) is 4.49. The summed E-state index contributed by atoms with van der Waals surface area (Å²) in [4.78, 5) is 9.72. The Morgan fingerprint density at radius 2 is 1.74 bits per heavy atom. The van der Waals surface area contributed by atoms with Gasteiger partial charge in [0.25, 0.3) is 0 Å². The largest absolute Gasteiger partial charge is 0.493 e. The molecule has 3 aromatic rings. The fourth-order valence-electron chi connectivity index (χ4n) is 3.45. The number of halogens is 1. The summed E-state index contributed by atoms with van der Waals surface area (Å²) < 4.78 is 24.4. The molecule has 0 bridgehead atoms. The van der Waals surface area contributed by atoms with E-state index in [-0.39, 0.29) is 11.7 Å². The molecule has 1 fully saturated rings. The summed E-state index contributed by atoms with van der Waals surface area (Å²) in [6.45, 7) is 4.13. The third kappa shape index (κ3) is 5.26. The minimum absolute atomic E-state index is 0.0922.